The molecule has 1 aliphatic rings. The van der Waals surface area contributed by atoms with E-state index in [4.69, 9.17) is 12.2 Å². The van der Waals surface area contributed by atoms with Gasteiger partial charge < -0.3 is 15.5 Å². The number of benzene rings is 2. The Kier molecular flexibility index (Phi) is 7.54. The second-order valence-corrected chi connectivity index (χ2v) is 7.99. The zero-order chi connectivity index (χ0) is 18.9. The highest BCUT2D eigenvalue weighted by molar-refractivity contribution is 7.98. The fraction of sp³-hybridized carbons (Fsp3) is 0.333. The summed E-state index contributed by atoms with van der Waals surface area (Å²) in [6.07, 6.45) is 2.63. The van der Waals surface area contributed by atoms with Gasteiger partial charge in [0.2, 0.25) is 5.91 Å². The number of anilines is 2. The molecule has 2 aromatic rings. The molecule has 0 aliphatic carbocycles. The van der Waals surface area contributed by atoms with Gasteiger partial charge in [0.05, 0.1) is 0 Å². The van der Waals surface area contributed by atoms with E-state index in [9.17, 15) is 4.79 Å². The fourth-order valence-electron chi connectivity index (χ4n) is 2.99. The van der Waals surface area contributed by atoms with E-state index in [0.717, 1.165) is 48.8 Å². The van der Waals surface area contributed by atoms with Crippen LogP contribution < -0.4 is 15.5 Å². The van der Waals surface area contributed by atoms with Crippen molar-refractivity contribution in [1.29, 1.82) is 0 Å². The van der Waals surface area contributed by atoms with Gasteiger partial charge in [0.15, 0.2) is 5.11 Å². The van der Waals surface area contributed by atoms with E-state index in [1.807, 2.05) is 47.0 Å². The Morgan fingerprint density at radius 1 is 1.15 bits per heavy atom. The van der Waals surface area contributed by atoms with Gasteiger partial charge in [-0.1, -0.05) is 36.4 Å². The van der Waals surface area contributed by atoms with Crippen LogP contribution in [0.1, 0.15) is 24.8 Å². The standard InChI is InChI=1S/C21H25N3OS2/c25-20-11-5-13-24(20)19-10-4-9-18(15-19)23-21(26)22-12-6-14-27-16-17-7-2-1-3-8-17/h1-4,7-10,15H,5-6,11-14,16H2,(H2,22,23,26). The monoisotopic (exact) mass is 399 g/mol. The quantitative estimate of drug-likeness (QED) is 0.508. The van der Waals surface area contributed by atoms with Gasteiger partial charge in [-0.15, -0.1) is 0 Å². The van der Waals surface area contributed by atoms with Gasteiger partial charge in [0.1, 0.15) is 0 Å². The highest BCUT2D eigenvalue weighted by atomic mass is 32.2. The van der Waals surface area contributed by atoms with E-state index in [2.05, 4.69) is 34.9 Å². The van der Waals surface area contributed by atoms with Crippen LogP contribution in [0.25, 0.3) is 0 Å². The topological polar surface area (TPSA) is 44.4 Å². The van der Waals surface area contributed by atoms with Gasteiger partial charge in [-0.2, -0.15) is 11.8 Å². The SMILES string of the molecule is O=C1CCCN1c1cccc(NC(=S)NCCCSCc2ccccc2)c1. The second-order valence-electron chi connectivity index (χ2n) is 6.47. The summed E-state index contributed by atoms with van der Waals surface area (Å²) >= 11 is 7.32. The molecule has 2 aromatic carbocycles. The zero-order valence-corrected chi connectivity index (χ0v) is 17.0. The molecule has 1 aliphatic heterocycles. The van der Waals surface area contributed by atoms with Crippen molar-refractivity contribution >= 4 is 46.4 Å². The van der Waals surface area contributed by atoms with Crippen LogP contribution in [0.3, 0.4) is 0 Å². The molecule has 0 aromatic heterocycles. The Morgan fingerprint density at radius 2 is 2.00 bits per heavy atom. The molecule has 2 N–H and O–H groups in total. The van der Waals surface area contributed by atoms with Crippen LogP contribution in [-0.2, 0) is 10.5 Å². The highest BCUT2D eigenvalue weighted by Gasteiger charge is 2.21. The number of carbonyl (C=O) groups is 1. The second kappa shape index (κ2) is 10.3. The summed E-state index contributed by atoms with van der Waals surface area (Å²) in [5, 5.41) is 7.09. The van der Waals surface area contributed by atoms with Crippen molar-refractivity contribution in [2.75, 3.05) is 29.1 Å². The Labute approximate surface area is 170 Å². The number of carbonyl (C=O) groups excluding carboxylic acids is 1. The van der Waals surface area contributed by atoms with Crippen LogP contribution in [0, 0.1) is 0 Å². The number of nitrogens with zero attached hydrogens (tertiary/aromatic N) is 1. The minimum Gasteiger partial charge on any atom is -0.362 e. The van der Waals surface area contributed by atoms with Crippen LogP contribution in [-0.4, -0.2) is 29.9 Å². The molecule has 0 spiro atoms. The lowest BCUT2D eigenvalue weighted by Crippen LogP contribution is -2.29. The van der Waals surface area contributed by atoms with Crippen molar-refractivity contribution in [3.05, 3.63) is 60.2 Å². The normalized spacial score (nSPS) is 13.6. The van der Waals surface area contributed by atoms with Gasteiger partial charge in [-0.25, -0.2) is 0 Å². The zero-order valence-electron chi connectivity index (χ0n) is 15.3. The van der Waals surface area contributed by atoms with Gasteiger partial charge in [0.25, 0.3) is 0 Å². The number of thioether (sulfide) groups is 1. The van der Waals surface area contributed by atoms with Crippen molar-refractivity contribution in [1.82, 2.24) is 5.32 Å². The smallest absolute Gasteiger partial charge is 0.227 e. The van der Waals surface area contributed by atoms with Gasteiger partial charge in [-0.3, -0.25) is 4.79 Å². The summed E-state index contributed by atoms with van der Waals surface area (Å²) in [6, 6.07) is 18.4. The van der Waals surface area contributed by atoms with Crippen LogP contribution in [0.15, 0.2) is 54.6 Å². The molecular weight excluding hydrogens is 374 g/mol. The number of hydrogen-bond donors (Lipinski definition) is 2. The first-order valence-corrected chi connectivity index (χ1v) is 10.9. The predicted octanol–water partition coefficient (Wildman–Crippen LogP) is 4.42. The molecule has 3 rings (SSSR count). The predicted molar refractivity (Wildman–Crippen MR) is 119 cm³/mol. The van der Waals surface area contributed by atoms with Crippen LogP contribution in [0.5, 0.6) is 0 Å². The number of hydrogen-bond acceptors (Lipinski definition) is 3. The van der Waals surface area contributed by atoms with E-state index in [1.54, 1.807) is 0 Å². The molecule has 0 atom stereocenters. The maximum Gasteiger partial charge on any atom is 0.227 e. The number of nitrogens with one attached hydrogen (secondary N) is 2. The molecule has 0 bridgehead atoms. The average Bonchev–Trinajstić information content (AvgIpc) is 3.11. The first-order valence-electron chi connectivity index (χ1n) is 9.29. The molecule has 0 radical (unpaired) electrons. The van der Waals surface area contributed by atoms with E-state index in [-0.39, 0.29) is 5.91 Å². The summed E-state index contributed by atoms with van der Waals surface area (Å²) in [6.45, 7) is 1.64. The summed E-state index contributed by atoms with van der Waals surface area (Å²) in [7, 11) is 0. The Hall–Kier alpha value is -2.05. The molecule has 1 fully saturated rings. The van der Waals surface area contributed by atoms with E-state index >= 15 is 0 Å². The summed E-state index contributed by atoms with van der Waals surface area (Å²) in [5.74, 6) is 2.34. The summed E-state index contributed by atoms with van der Waals surface area (Å²) < 4.78 is 0. The lowest BCUT2D eigenvalue weighted by atomic mass is 10.2. The van der Waals surface area contributed by atoms with E-state index in [0.29, 0.717) is 11.5 Å². The first-order chi connectivity index (χ1) is 13.2. The third-order valence-corrected chi connectivity index (χ3v) is 5.71. The third-order valence-electron chi connectivity index (χ3n) is 4.35. The number of rotatable bonds is 8. The third kappa shape index (κ3) is 6.26. The molecule has 0 saturated carbocycles. The van der Waals surface area contributed by atoms with Crippen LogP contribution >= 0.6 is 24.0 Å². The van der Waals surface area contributed by atoms with Crippen molar-refractivity contribution < 1.29 is 4.79 Å². The van der Waals surface area contributed by atoms with Gasteiger partial charge in [-0.05, 0) is 54.6 Å². The number of amides is 1. The highest BCUT2D eigenvalue weighted by Crippen LogP contribution is 2.24. The van der Waals surface area contributed by atoms with E-state index in [1.165, 1.54) is 5.56 Å². The largest absolute Gasteiger partial charge is 0.362 e. The summed E-state index contributed by atoms with van der Waals surface area (Å²) in [5.41, 5.74) is 3.20. The minimum absolute atomic E-state index is 0.195. The Morgan fingerprint density at radius 3 is 2.78 bits per heavy atom. The summed E-state index contributed by atoms with van der Waals surface area (Å²) in [4.78, 5) is 13.7. The van der Waals surface area contributed by atoms with Crippen molar-refractivity contribution in [3.8, 4) is 0 Å². The van der Waals surface area contributed by atoms with E-state index < -0.39 is 0 Å². The van der Waals surface area contributed by atoms with Crippen molar-refractivity contribution in [2.24, 2.45) is 0 Å². The maximum absolute atomic E-state index is 11.9. The molecule has 4 nitrogen and oxygen atoms in total. The molecule has 1 saturated heterocycles. The minimum atomic E-state index is 0.195. The number of thiocarbonyl (C=S) groups is 1. The molecule has 1 amide bonds. The molecule has 142 valence electrons. The molecular formula is C21H25N3OS2. The van der Waals surface area contributed by atoms with Crippen LogP contribution in [0.4, 0.5) is 11.4 Å². The molecule has 6 heteroatoms. The molecule has 0 unspecified atom stereocenters. The lowest BCUT2D eigenvalue weighted by Gasteiger charge is -2.17. The van der Waals surface area contributed by atoms with Gasteiger partial charge in [0, 0.05) is 36.6 Å². The fourth-order valence-corrected chi connectivity index (χ4v) is 4.13. The van der Waals surface area contributed by atoms with Crippen molar-refractivity contribution in [3.63, 3.8) is 0 Å². The average molecular weight is 400 g/mol. The first kappa shape index (κ1) is 19.7. The lowest BCUT2D eigenvalue weighted by molar-refractivity contribution is -0.117. The Balaban J connectivity index is 1.35. The van der Waals surface area contributed by atoms with Crippen LogP contribution in [0.2, 0.25) is 0 Å². The Bertz CT molecular complexity index is 767. The molecule has 1 heterocycles. The maximum atomic E-state index is 11.9. The van der Waals surface area contributed by atoms with Gasteiger partial charge >= 0.3 is 0 Å². The van der Waals surface area contributed by atoms with Crippen molar-refractivity contribution in [2.45, 2.75) is 25.0 Å². The molecule has 27 heavy (non-hydrogen) atoms.